The van der Waals surface area contributed by atoms with Gasteiger partial charge in [-0.3, -0.25) is 0 Å². The zero-order chi connectivity index (χ0) is 18.0. The summed E-state index contributed by atoms with van der Waals surface area (Å²) in [5.74, 6) is -0.0638. The number of hydrogen-bond donors (Lipinski definition) is 1. The summed E-state index contributed by atoms with van der Waals surface area (Å²) in [6.07, 6.45) is 1.21. The summed E-state index contributed by atoms with van der Waals surface area (Å²) in [7, 11) is -3.13. The second-order valence-corrected chi connectivity index (χ2v) is 8.90. The van der Waals surface area contributed by atoms with Crippen LogP contribution in [0.3, 0.4) is 0 Å². The van der Waals surface area contributed by atoms with Crippen LogP contribution >= 0.6 is 11.6 Å². The standard InChI is InChI=1S/C20H20ClNO2S/c1-14(16-8-7-15-5-3-4-6-17(15)11-16)22-19-9-10-20(21)18(12-19)13-25(2,23)24/h3-12,14,22H,13H2,1-2H3. The van der Waals surface area contributed by atoms with E-state index in [4.69, 9.17) is 11.6 Å². The van der Waals surface area contributed by atoms with Crippen LogP contribution in [0.25, 0.3) is 10.8 Å². The van der Waals surface area contributed by atoms with Crippen molar-refractivity contribution in [3.05, 3.63) is 76.8 Å². The minimum atomic E-state index is -3.13. The zero-order valence-electron chi connectivity index (χ0n) is 14.2. The van der Waals surface area contributed by atoms with Gasteiger partial charge in [-0.2, -0.15) is 0 Å². The summed E-state index contributed by atoms with van der Waals surface area (Å²) in [6, 6.07) is 20.1. The molecule has 0 fully saturated rings. The fraction of sp³-hybridized carbons (Fsp3) is 0.200. The van der Waals surface area contributed by atoms with Gasteiger partial charge in [0, 0.05) is 23.0 Å². The SMILES string of the molecule is CC(Nc1ccc(Cl)c(CS(C)(=O)=O)c1)c1ccc2ccccc2c1. The Hall–Kier alpha value is -2.04. The number of anilines is 1. The molecule has 0 heterocycles. The number of hydrogen-bond acceptors (Lipinski definition) is 3. The first-order valence-electron chi connectivity index (χ1n) is 8.03. The van der Waals surface area contributed by atoms with Gasteiger partial charge in [0.1, 0.15) is 0 Å². The number of nitrogens with one attached hydrogen (secondary N) is 1. The molecular formula is C20H20ClNO2S. The lowest BCUT2D eigenvalue weighted by Gasteiger charge is -2.17. The summed E-state index contributed by atoms with van der Waals surface area (Å²) >= 11 is 6.13. The summed E-state index contributed by atoms with van der Waals surface area (Å²) in [6.45, 7) is 2.08. The van der Waals surface area contributed by atoms with Crippen LogP contribution in [0.5, 0.6) is 0 Å². The third-order valence-electron chi connectivity index (χ3n) is 4.12. The summed E-state index contributed by atoms with van der Waals surface area (Å²) in [5, 5.41) is 6.30. The molecule has 0 amide bonds. The fourth-order valence-corrected chi connectivity index (χ4v) is 3.94. The smallest absolute Gasteiger partial charge is 0.151 e. The Morgan fingerprint density at radius 3 is 2.44 bits per heavy atom. The first kappa shape index (κ1) is 17.8. The van der Waals surface area contributed by atoms with Crippen LogP contribution in [0.2, 0.25) is 5.02 Å². The topological polar surface area (TPSA) is 46.2 Å². The van der Waals surface area contributed by atoms with Crippen LogP contribution in [0, 0.1) is 0 Å². The highest BCUT2D eigenvalue weighted by molar-refractivity contribution is 7.89. The van der Waals surface area contributed by atoms with Crippen LogP contribution in [-0.2, 0) is 15.6 Å². The van der Waals surface area contributed by atoms with E-state index in [1.807, 2.05) is 18.2 Å². The van der Waals surface area contributed by atoms with Crippen molar-refractivity contribution >= 4 is 37.9 Å². The van der Waals surface area contributed by atoms with Gasteiger partial charge < -0.3 is 5.32 Å². The molecule has 1 unspecified atom stereocenters. The van der Waals surface area contributed by atoms with Gasteiger partial charge in [-0.1, -0.05) is 48.0 Å². The Labute approximate surface area is 153 Å². The lowest BCUT2D eigenvalue weighted by molar-refractivity contribution is 0.601. The van der Waals surface area contributed by atoms with Gasteiger partial charge in [0.25, 0.3) is 0 Å². The minimum absolute atomic E-state index is 0.0638. The molecule has 0 aliphatic rings. The predicted octanol–water partition coefficient (Wildman–Crippen LogP) is 5.21. The first-order chi connectivity index (χ1) is 11.8. The molecule has 0 radical (unpaired) electrons. The molecule has 3 aromatic carbocycles. The Morgan fingerprint density at radius 1 is 1.00 bits per heavy atom. The largest absolute Gasteiger partial charge is 0.379 e. The molecule has 5 heteroatoms. The van der Waals surface area contributed by atoms with Crippen LogP contribution in [-0.4, -0.2) is 14.7 Å². The maximum absolute atomic E-state index is 11.6. The highest BCUT2D eigenvalue weighted by Crippen LogP contribution is 2.27. The lowest BCUT2D eigenvalue weighted by Crippen LogP contribution is -2.08. The van der Waals surface area contributed by atoms with Gasteiger partial charge in [-0.15, -0.1) is 0 Å². The van der Waals surface area contributed by atoms with Gasteiger partial charge in [0.2, 0.25) is 0 Å². The molecule has 130 valence electrons. The van der Waals surface area contributed by atoms with E-state index in [-0.39, 0.29) is 11.8 Å². The average Bonchev–Trinajstić information content (AvgIpc) is 2.56. The van der Waals surface area contributed by atoms with Crippen molar-refractivity contribution in [3.8, 4) is 0 Å². The monoisotopic (exact) mass is 373 g/mol. The van der Waals surface area contributed by atoms with Crippen molar-refractivity contribution in [1.82, 2.24) is 0 Å². The van der Waals surface area contributed by atoms with E-state index in [0.717, 1.165) is 5.69 Å². The molecular weight excluding hydrogens is 354 g/mol. The Balaban J connectivity index is 1.84. The molecule has 0 saturated heterocycles. The first-order valence-corrected chi connectivity index (χ1v) is 10.5. The van der Waals surface area contributed by atoms with Crippen molar-refractivity contribution in [2.45, 2.75) is 18.7 Å². The van der Waals surface area contributed by atoms with Crippen LogP contribution in [0.4, 0.5) is 5.69 Å². The molecule has 0 saturated carbocycles. The summed E-state index contributed by atoms with van der Waals surface area (Å²) < 4.78 is 23.1. The number of rotatable bonds is 5. The molecule has 3 nitrogen and oxygen atoms in total. The Morgan fingerprint density at radius 2 is 1.72 bits per heavy atom. The number of sulfone groups is 1. The van der Waals surface area contributed by atoms with Crippen molar-refractivity contribution < 1.29 is 8.42 Å². The van der Waals surface area contributed by atoms with Gasteiger partial charge >= 0.3 is 0 Å². The highest BCUT2D eigenvalue weighted by Gasteiger charge is 2.11. The molecule has 1 atom stereocenters. The molecule has 3 aromatic rings. The molecule has 1 N–H and O–H groups in total. The molecule has 3 rings (SSSR count). The van der Waals surface area contributed by atoms with Crippen molar-refractivity contribution in [2.24, 2.45) is 0 Å². The molecule has 0 aromatic heterocycles. The maximum atomic E-state index is 11.6. The van der Waals surface area contributed by atoms with E-state index in [2.05, 4.69) is 42.6 Å². The highest BCUT2D eigenvalue weighted by atomic mass is 35.5. The van der Waals surface area contributed by atoms with E-state index in [9.17, 15) is 8.42 Å². The fourth-order valence-electron chi connectivity index (χ4n) is 2.87. The van der Waals surface area contributed by atoms with Crippen LogP contribution in [0.15, 0.2) is 60.7 Å². The lowest BCUT2D eigenvalue weighted by atomic mass is 10.0. The average molecular weight is 374 g/mol. The summed E-state index contributed by atoms with van der Waals surface area (Å²) in [5.41, 5.74) is 2.63. The van der Waals surface area contributed by atoms with Crippen LogP contribution < -0.4 is 5.32 Å². The molecule has 0 spiro atoms. The van der Waals surface area contributed by atoms with Crippen molar-refractivity contribution in [1.29, 1.82) is 0 Å². The predicted molar refractivity (Wildman–Crippen MR) is 106 cm³/mol. The van der Waals surface area contributed by atoms with Gasteiger partial charge in [-0.25, -0.2) is 8.42 Å². The molecule has 0 aliphatic heterocycles. The number of benzene rings is 3. The van der Waals surface area contributed by atoms with Gasteiger partial charge in [0.05, 0.1) is 5.75 Å². The van der Waals surface area contributed by atoms with E-state index >= 15 is 0 Å². The van der Waals surface area contributed by atoms with Gasteiger partial charge in [0.15, 0.2) is 9.84 Å². The minimum Gasteiger partial charge on any atom is -0.379 e. The molecule has 25 heavy (non-hydrogen) atoms. The van der Waals surface area contributed by atoms with Crippen molar-refractivity contribution in [2.75, 3.05) is 11.6 Å². The molecule has 0 aliphatic carbocycles. The normalized spacial score (nSPS) is 12.9. The summed E-state index contributed by atoms with van der Waals surface area (Å²) in [4.78, 5) is 0. The Bertz CT molecular complexity index is 1020. The van der Waals surface area contributed by atoms with E-state index < -0.39 is 9.84 Å². The van der Waals surface area contributed by atoms with Gasteiger partial charge in [-0.05, 0) is 53.1 Å². The number of fused-ring (bicyclic) bond motifs is 1. The molecule has 0 bridgehead atoms. The van der Waals surface area contributed by atoms with E-state index in [1.54, 1.807) is 12.1 Å². The quantitative estimate of drug-likeness (QED) is 0.667. The second-order valence-electron chi connectivity index (χ2n) is 6.35. The van der Waals surface area contributed by atoms with E-state index in [0.29, 0.717) is 10.6 Å². The van der Waals surface area contributed by atoms with Crippen LogP contribution in [0.1, 0.15) is 24.1 Å². The van der Waals surface area contributed by atoms with Crippen molar-refractivity contribution in [3.63, 3.8) is 0 Å². The Kier molecular flexibility index (Phi) is 5.02. The van der Waals surface area contributed by atoms with E-state index in [1.165, 1.54) is 22.6 Å². The zero-order valence-corrected chi connectivity index (χ0v) is 15.7. The second kappa shape index (κ2) is 7.06. The number of halogens is 1. The maximum Gasteiger partial charge on any atom is 0.151 e. The third-order valence-corrected chi connectivity index (χ3v) is 5.32. The third kappa shape index (κ3) is 4.53.